The van der Waals surface area contributed by atoms with Crippen LogP contribution in [0.25, 0.3) is 0 Å². The largest absolute Gasteiger partial charge is 0.446 e. The number of anilines is 1. The lowest BCUT2D eigenvalue weighted by Gasteiger charge is -2.29. The predicted octanol–water partition coefficient (Wildman–Crippen LogP) is 0.916. The maximum atomic E-state index is 12.3. The molecule has 26 heavy (non-hydrogen) atoms. The van der Waals surface area contributed by atoms with Gasteiger partial charge in [0, 0.05) is 6.54 Å². The molecule has 1 aromatic heterocycles. The van der Waals surface area contributed by atoms with Gasteiger partial charge in [-0.25, -0.2) is 9.89 Å². The molecular formula is C16H22ClN5O4. The number of amides is 2. The number of alkyl carbamates (subject to hydrolysis) is 1. The van der Waals surface area contributed by atoms with Crippen LogP contribution in [0.5, 0.6) is 0 Å². The normalized spacial score (nSPS) is 23.7. The van der Waals surface area contributed by atoms with Gasteiger partial charge in [-0.3, -0.25) is 9.59 Å². The lowest BCUT2D eigenvalue weighted by Crippen LogP contribution is -2.59. The van der Waals surface area contributed by atoms with Crippen LogP contribution in [0.1, 0.15) is 38.5 Å². The smallest absolute Gasteiger partial charge is 0.408 e. The fraction of sp³-hybridized carbons (Fsp3) is 0.625. The number of halogens is 1. The van der Waals surface area contributed by atoms with E-state index in [0.29, 0.717) is 12.2 Å². The van der Waals surface area contributed by atoms with Crippen molar-refractivity contribution in [2.75, 3.05) is 18.0 Å². The van der Waals surface area contributed by atoms with Crippen molar-refractivity contribution < 1.29 is 14.3 Å². The number of aromatic nitrogens is 2. The number of ether oxygens (including phenoxy) is 1. The molecule has 0 radical (unpaired) electrons. The SMILES string of the molecule is NC(=O)C1(NC(=O)OC2CCCCC2)CCN(c2cn[nH]c(=O)c2Cl)C1. The molecule has 9 nitrogen and oxygen atoms in total. The predicted molar refractivity (Wildman–Crippen MR) is 95.1 cm³/mol. The topological polar surface area (TPSA) is 130 Å². The molecule has 1 saturated carbocycles. The van der Waals surface area contributed by atoms with Crippen LogP contribution in [0.4, 0.5) is 10.5 Å². The molecule has 2 fully saturated rings. The Kier molecular flexibility index (Phi) is 5.36. The van der Waals surface area contributed by atoms with Crippen molar-refractivity contribution in [2.24, 2.45) is 5.73 Å². The average Bonchev–Trinajstić information content (AvgIpc) is 3.03. The Bertz CT molecular complexity index is 748. The Labute approximate surface area is 155 Å². The number of H-pyrrole nitrogens is 1. The molecule has 1 saturated heterocycles. The molecule has 2 amide bonds. The molecule has 10 heteroatoms. The highest BCUT2D eigenvalue weighted by atomic mass is 35.5. The van der Waals surface area contributed by atoms with E-state index in [2.05, 4.69) is 15.5 Å². The minimum absolute atomic E-state index is 0.0231. The summed E-state index contributed by atoms with van der Waals surface area (Å²) in [4.78, 5) is 37.7. The molecule has 1 atom stereocenters. The van der Waals surface area contributed by atoms with E-state index in [1.165, 1.54) is 6.20 Å². The van der Waals surface area contributed by atoms with Crippen LogP contribution in [0.2, 0.25) is 5.02 Å². The Balaban J connectivity index is 1.71. The number of rotatable bonds is 4. The second kappa shape index (κ2) is 7.53. The number of carbonyl (C=O) groups excluding carboxylic acids is 2. The summed E-state index contributed by atoms with van der Waals surface area (Å²) in [6.07, 6.45) is 5.78. The van der Waals surface area contributed by atoms with E-state index in [0.717, 1.165) is 32.1 Å². The van der Waals surface area contributed by atoms with Gasteiger partial charge in [0.1, 0.15) is 16.7 Å². The zero-order valence-electron chi connectivity index (χ0n) is 14.3. The first-order chi connectivity index (χ1) is 12.4. The van der Waals surface area contributed by atoms with E-state index >= 15 is 0 Å². The third-order valence-electron chi connectivity index (χ3n) is 5.03. The van der Waals surface area contributed by atoms with Crippen molar-refractivity contribution in [3.63, 3.8) is 0 Å². The van der Waals surface area contributed by atoms with Crippen LogP contribution in [-0.2, 0) is 9.53 Å². The summed E-state index contributed by atoms with van der Waals surface area (Å²) in [5.41, 5.74) is 4.16. The first-order valence-electron chi connectivity index (χ1n) is 8.68. The van der Waals surface area contributed by atoms with E-state index in [9.17, 15) is 14.4 Å². The molecule has 2 aliphatic rings. The molecule has 0 bridgehead atoms. The number of hydrogen-bond acceptors (Lipinski definition) is 6. The zero-order chi connectivity index (χ0) is 18.7. The summed E-state index contributed by atoms with van der Waals surface area (Å²) in [7, 11) is 0. The van der Waals surface area contributed by atoms with Crippen LogP contribution in [0.3, 0.4) is 0 Å². The standard InChI is InChI=1S/C16H22ClN5O4/c17-12-11(8-19-21-13(12)23)22-7-6-16(9-22,14(18)24)20-15(25)26-10-4-2-1-3-5-10/h8,10H,1-7,9H2,(H2,18,24)(H,20,25)(H,21,23). The average molecular weight is 384 g/mol. The zero-order valence-corrected chi connectivity index (χ0v) is 15.1. The van der Waals surface area contributed by atoms with Crippen molar-refractivity contribution in [1.29, 1.82) is 0 Å². The van der Waals surface area contributed by atoms with Crippen molar-refractivity contribution in [3.8, 4) is 0 Å². The van der Waals surface area contributed by atoms with E-state index in [-0.39, 0.29) is 24.1 Å². The van der Waals surface area contributed by atoms with Crippen molar-refractivity contribution in [1.82, 2.24) is 15.5 Å². The van der Waals surface area contributed by atoms with Gasteiger partial charge in [0.25, 0.3) is 5.56 Å². The molecular weight excluding hydrogens is 362 g/mol. The Morgan fingerprint density at radius 1 is 1.38 bits per heavy atom. The molecule has 1 unspecified atom stereocenters. The first kappa shape index (κ1) is 18.5. The lowest BCUT2D eigenvalue weighted by molar-refractivity contribution is -0.123. The molecule has 0 aromatic carbocycles. The third-order valence-corrected chi connectivity index (χ3v) is 5.39. The summed E-state index contributed by atoms with van der Waals surface area (Å²) in [5.74, 6) is -0.658. The van der Waals surface area contributed by atoms with Crippen LogP contribution in [0, 0.1) is 0 Å². The summed E-state index contributed by atoms with van der Waals surface area (Å²) in [6, 6.07) is 0. The second-order valence-corrected chi connectivity index (χ2v) is 7.18. The summed E-state index contributed by atoms with van der Waals surface area (Å²) in [5, 5.41) is 8.59. The van der Waals surface area contributed by atoms with E-state index in [1.807, 2.05) is 0 Å². The van der Waals surface area contributed by atoms with Gasteiger partial charge in [0.15, 0.2) is 0 Å². The fourth-order valence-electron chi connectivity index (χ4n) is 3.53. The maximum Gasteiger partial charge on any atom is 0.408 e. The van der Waals surface area contributed by atoms with Gasteiger partial charge in [-0.1, -0.05) is 18.0 Å². The van der Waals surface area contributed by atoms with Crippen LogP contribution < -0.4 is 21.5 Å². The summed E-state index contributed by atoms with van der Waals surface area (Å²) >= 11 is 6.03. The monoisotopic (exact) mass is 383 g/mol. The van der Waals surface area contributed by atoms with Gasteiger partial charge in [-0.05, 0) is 32.1 Å². The lowest BCUT2D eigenvalue weighted by atomic mass is 9.97. The van der Waals surface area contributed by atoms with Crippen molar-refractivity contribution in [3.05, 3.63) is 21.6 Å². The number of hydrogen-bond donors (Lipinski definition) is 3. The molecule has 142 valence electrons. The second-order valence-electron chi connectivity index (χ2n) is 6.81. The Morgan fingerprint density at radius 2 is 2.12 bits per heavy atom. The van der Waals surface area contributed by atoms with Gasteiger partial charge in [0.05, 0.1) is 18.4 Å². The third kappa shape index (κ3) is 3.77. The minimum atomic E-state index is -1.28. The fourth-order valence-corrected chi connectivity index (χ4v) is 3.74. The van der Waals surface area contributed by atoms with Crippen molar-refractivity contribution >= 4 is 29.3 Å². The van der Waals surface area contributed by atoms with Gasteiger partial charge in [-0.15, -0.1) is 0 Å². The number of nitrogens with one attached hydrogen (secondary N) is 2. The maximum absolute atomic E-state index is 12.3. The van der Waals surface area contributed by atoms with Crippen LogP contribution >= 0.6 is 11.6 Å². The highest BCUT2D eigenvalue weighted by Crippen LogP contribution is 2.30. The number of nitrogens with zero attached hydrogens (tertiary/aromatic N) is 2. The number of nitrogens with two attached hydrogens (primary N) is 1. The summed E-state index contributed by atoms with van der Waals surface area (Å²) < 4.78 is 5.44. The van der Waals surface area contributed by atoms with Crippen LogP contribution in [-0.4, -0.2) is 46.9 Å². The van der Waals surface area contributed by atoms with Gasteiger partial charge >= 0.3 is 6.09 Å². The Morgan fingerprint density at radius 3 is 2.81 bits per heavy atom. The number of primary amides is 1. The molecule has 1 aliphatic carbocycles. The van der Waals surface area contributed by atoms with Gasteiger partial charge in [-0.2, -0.15) is 5.10 Å². The summed E-state index contributed by atoms with van der Waals surface area (Å²) in [6.45, 7) is 0.477. The molecule has 3 rings (SSSR count). The van der Waals surface area contributed by atoms with Crippen molar-refractivity contribution in [2.45, 2.75) is 50.2 Å². The highest BCUT2D eigenvalue weighted by molar-refractivity contribution is 6.33. The number of aromatic amines is 1. The van der Waals surface area contributed by atoms with E-state index < -0.39 is 23.1 Å². The first-order valence-corrected chi connectivity index (χ1v) is 9.06. The highest BCUT2D eigenvalue weighted by Gasteiger charge is 2.46. The van der Waals surface area contributed by atoms with E-state index in [4.69, 9.17) is 22.1 Å². The molecule has 1 aliphatic heterocycles. The molecule has 1 aromatic rings. The number of carbonyl (C=O) groups is 2. The molecule has 4 N–H and O–H groups in total. The quantitative estimate of drug-likeness (QED) is 0.708. The van der Waals surface area contributed by atoms with Gasteiger partial charge < -0.3 is 20.7 Å². The molecule has 0 spiro atoms. The van der Waals surface area contributed by atoms with E-state index in [1.54, 1.807) is 4.90 Å². The Hall–Kier alpha value is -2.29. The van der Waals surface area contributed by atoms with Gasteiger partial charge in [0.2, 0.25) is 5.91 Å². The molecule has 2 heterocycles. The minimum Gasteiger partial charge on any atom is -0.446 e. The van der Waals surface area contributed by atoms with Crippen LogP contribution in [0.15, 0.2) is 11.0 Å².